The van der Waals surface area contributed by atoms with E-state index in [1.54, 1.807) is 12.0 Å². The second-order valence-corrected chi connectivity index (χ2v) is 3.86. The maximum Gasteiger partial charge on any atom is 0.243 e. The number of nitrogens with zero attached hydrogens (tertiary/aromatic N) is 1. The predicted octanol–water partition coefficient (Wildman–Crippen LogP) is 1.44. The van der Waals surface area contributed by atoms with Gasteiger partial charge in [0, 0.05) is 18.8 Å². The molecule has 5 heteroatoms. The lowest BCUT2D eigenvalue weighted by Gasteiger charge is -2.31. The molecule has 94 valence electrons. The third-order valence-corrected chi connectivity index (χ3v) is 2.81. The van der Waals surface area contributed by atoms with Crippen molar-refractivity contribution in [3.8, 4) is 5.75 Å². The van der Waals surface area contributed by atoms with E-state index in [-0.39, 0.29) is 24.4 Å². The minimum absolute atomic E-state index is 0. The molecular weight excluding hydrogens is 240 g/mol. The molecule has 0 aliphatic carbocycles. The van der Waals surface area contributed by atoms with Gasteiger partial charge in [0.2, 0.25) is 5.91 Å². The number of hydrogen-bond donors (Lipinski definition) is 1. The molecule has 0 radical (unpaired) electrons. The van der Waals surface area contributed by atoms with Gasteiger partial charge < -0.3 is 15.0 Å². The Morgan fingerprint density at radius 2 is 2.00 bits per heavy atom. The first-order valence-corrected chi connectivity index (χ1v) is 5.41. The number of piperazine rings is 1. The van der Waals surface area contributed by atoms with Gasteiger partial charge in [-0.15, -0.1) is 12.4 Å². The van der Waals surface area contributed by atoms with Gasteiger partial charge in [-0.3, -0.25) is 4.79 Å². The van der Waals surface area contributed by atoms with Crippen molar-refractivity contribution in [3.63, 3.8) is 0 Å². The van der Waals surface area contributed by atoms with Gasteiger partial charge in [0.25, 0.3) is 0 Å². The van der Waals surface area contributed by atoms with E-state index in [1.807, 2.05) is 31.2 Å². The van der Waals surface area contributed by atoms with Crippen LogP contribution in [0.15, 0.2) is 24.3 Å². The Morgan fingerprint density at radius 1 is 1.35 bits per heavy atom. The molecule has 0 aromatic heterocycles. The van der Waals surface area contributed by atoms with Crippen LogP contribution in [0, 0.1) is 0 Å². The molecule has 0 unspecified atom stereocenters. The van der Waals surface area contributed by atoms with Crippen molar-refractivity contribution < 1.29 is 9.53 Å². The second-order valence-electron chi connectivity index (χ2n) is 3.86. The number of benzene rings is 1. The lowest BCUT2D eigenvalue weighted by Crippen LogP contribution is -2.53. The standard InChI is InChI=1S/C12H16N2O2.ClH/c1-9-12(15)14(8-7-13-9)10-3-5-11(16-2)6-4-10;/h3-6,9,13H,7-8H2,1-2H3;1H/t9-;/m0./s1. The van der Waals surface area contributed by atoms with Crippen molar-refractivity contribution in [2.45, 2.75) is 13.0 Å². The fourth-order valence-electron chi connectivity index (χ4n) is 1.84. The van der Waals surface area contributed by atoms with Crippen molar-refractivity contribution in [1.29, 1.82) is 0 Å². The first-order chi connectivity index (χ1) is 7.72. The quantitative estimate of drug-likeness (QED) is 0.871. The first kappa shape index (κ1) is 13.8. The zero-order valence-electron chi connectivity index (χ0n) is 9.97. The molecule has 1 heterocycles. The second kappa shape index (κ2) is 5.89. The molecule has 1 aliphatic heterocycles. The lowest BCUT2D eigenvalue weighted by molar-refractivity contribution is -0.121. The fraction of sp³-hybridized carbons (Fsp3) is 0.417. The van der Waals surface area contributed by atoms with Crippen LogP contribution < -0.4 is 15.0 Å². The van der Waals surface area contributed by atoms with Crippen LogP contribution in [0.3, 0.4) is 0 Å². The molecule has 1 aliphatic rings. The van der Waals surface area contributed by atoms with Crippen molar-refractivity contribution in [2.75, 3.05) is 25.1 Å². The highest BCUT2D eigenvalue weighted by Gasteiger charge is 2.25. The summed E-state index contributed by atoms with van der Waals surface area (Å²) in [6.07, 6.45) is 0. The minimum atomic E-state index is -0.101. The molecule has 2 rings (SSSR count). The smallest absolute Gasteiger partial charge is 0.243 e. The van der Waals surface area contributed by atoms with Gasteiger partial charge in [0.05, 0.1) is 13.2 Å². The number of carbonyl (C=O) groups excluding carboxylic acids is 1. The topological polar surface area (TPSA) is 41.6 Å². The zero-order valence-corrected chi connectivity index (χ0v) is 10.8. The summed E-state index contributed by atoms with van der Waals surface area (Å²) >= 11 is 0. The summed E-state index contributed by atoms with van der Waals surface area (Å²) in [4.78, 5) is 13.7. The van der Waals surface area contributed by atoms with Gasteiger partial charge in [0.1, 0.15) is 5.75 Å². The Labute approximate surface area is 107 Å². The molecule has 1 atom stereocenters. The number of ether oxygens (including phenoxy) is 1. The summed E-state index contributed by atoms with van der Waals surface area (Å²) in [5.74, 6) is 0.927. The normalized spacial score (nSPS) is 19.8. The van der Waals surface area contributed by atoms with Gasteiger partial charge in [0.15, 0.2) is 0 Å². The van der Waals surface area contributed by atoms with Crippen LogP contribution in [0.25, 0.3) is 0 Å². The highest BCUT2D eigenvalue weighted by molar-refractivity contribution is 5.97. The molecule has 1 saturated heterocycles. The Hall–Kier alpha value is -1.26. The molecule has 1 aromatic rings. The highest BCUT2D eigenvalue weighted by Crippen LogP contribution is 2.20. The number of carbonyl (C=O) groups is 1. The average molecular weight is 257 g/mol. The van der Waals surface area contributed by atoms with E-state index in [2.05, 4.69) is 5.32 Å². The Morgan fingerprint density at radius 3 is 2.59 bits per heavy atom. The number of methoxy groups -OCH3 is 1. The minimum Gasteiger partial charge on any atom is -0.497 e. The van der Waals surface area contributed by atoms with Gasteiger partial charge in [-0.1, -0.05) is 0 Å². The predicted molar refractivity (Wildman–Crippen MR) is 70.1 cm³/mol. The number of halogens is 1. The monoisotopic (exact) mass is 256 g/mol. The van der Waals surface area contributed by atoms with Crippen molar-refractivity contribution >= 4 is 24.0 Å². The van der Waals surface area contributed by atoms with Crippen LogP contribution in [-0.4, -0.2) is 32.1 Å². The molecule has 0 spiro atoms. The van der Waals surface area contributed by atoms with Gasteiger partial charge in [-0.05, 0) is 31.2 Å². The lowest BCUT2D eigenvalue weighted by atomic mass is 10.2. The summed E-state index contributed by atoms with van der Waals surface area (Å²) in [7, 11) is 1.63. The molecule has 4 nitrogen and oxygen atoms in total. The van der Waals surface area contributed by atoms with E-state index in [4.69, 9.17) is 4.74 Å². The molecule has 0 bridgehead atoms. The number of nitrogens with one attached hydrogen (secondary N) is 1. The van der Waals surface area contributed by atoms with Crippen LogP contribution in [0.4, 0.5) is 5.69 Å². The first-order valence-electron chi connectivity index (χ1n) is 5.41. The van der Waals surface area contributed by atoms with Crippen LogP contribution in [-0.2, 0) is 4.79 Å². The summed E-state index contributed by atoms with van der Waals surface area (Å²) < 4.78 is 5.09. The van der Waals surface area contributed by atoms with E-state index in [0.29, 0.717) is 0 Å². The Balaban J connectivity index is 0.00000144. The van der Waals surface area contributed by atoms with Crippen LogP contribution >= 0.6 is 12.4 Å². The Bertz CT molecular complexity index is 381. The van der Waals surface area contributed by atoms with E-state index >= 15 is 0 Å². The summed E-state index contributed by atoms with van der Waals surface area (Å²) in [5.41, 5.74) is 0.930. The summed E-state index contributed by atoms with van der Waals surface area (Å²) in [5, 5.41) is 3.14. The molecular formula is C12H17ClN2O2. The third-order valence-electron chi connectivity index (χ3n) is 2.81. The molecule has 0 saturated carbocycles. The van der Waals surface area contributed by atoms with Crippen molar-refractivity contribution in [2.24, 2.45) is 0 Å². The van der Waals surface area contributed by atoms with E-state index in [1.165, 1.54) is 0 Å². The molecule has 1 fully saturated rings. The van der Waals surface area contributed by atoms with Crippen LogP contribution in [0.2, 0.25) is 0 Å². The van der Waals surface area contributed by atoms with Gasteiger partial charge in [-0.2, -0.15) is 0 Å². The summed E-state index contributed by atoms with van der Waals surface area (Å²) in [6.45, 7) is 3.44. The molecule has 1 amide bonds. The van der Waals surface area contributed by atoms with Gasteiger partial charge in [-0.25, -0.2) is 0 Å². The van der Waals surface area contributed by atoms with Crippen molar-refractivity contribution in [1.82, 2.24) is 5.32 Å². The SMILES string of the molecule is COc1ccc(N2CCN[C@@H](C)C2=O)cc1.Cl. The Kier molecular flexibility index (Phi) is 4.78. The third kappa shape index (κ3) is 2.90. The van der Waals surface area contributed by atoms with Gasteiger partial charge >= 0.3 is 0 Å². The van der Waals surface area contributed by atoms with E-state index < -0.39 is 0 Å². The molecule has 1 N–H and O–H groups in total. The molecule has 17 heavy (non-hydrogen) atoms. The highest BCUT2D eigenvalue weighted by atomic mass is 35.5. The van der Waals surface area contributed by atoms with Crippen LogP contribution in [0.1, 0.15) is 6.92 Å². The maximum atomic E-state index is 11.9. The number of hydrogen-bond acceptors (Lipinski definition) is 3. The van der Waals surface area contributed by atoms with E-state index in [9.17, 15) is 4.79 Å². The summed E-state index contributed by atoms with van der Waals surface area (Å²) in [6, 6.07) is 7.46. The number of amides is 1. The number of anilines is 1. The van der Waals surface area contributed by atoms with E-state index in [0.717, 1.165) is 24.5 Å². The average Bonchev–Trinajstić information content (AvgIpc) is 2.33. The number of rotatable bonds is 2. The largest absolute Gasteiger partial charge is 0.497 e. The molecule has 1 aromatic carbocycles. The maximum absolute atomic E-state index is 11.9. The zero-order chi connectivity index (χ0) is 11.5. The fourth-order valence-corrected chi connectivity index (χ4v) is 1.84. The van der Waals surface area contributed by atoms with Crippen molar-refractivity contribution in [3.05, 3.63) is 24.3 Å². The van der Waals surface area contributed by atoms with Crippen LogP contribution in [0.5, 0.6) is 5.75 Å².